The molecule has 0 aromatic heterocycles. The summed E-state index contributed by atoms with van der Waals surface area (Å²) >= 11 is 0. The number of ether oxygens (including phenoxy) is 3. The van der Waals surface area contributed by atoms with Gasteiger partial charge in [0.2, 0.25) is 12.5 Å². The Hall–Kier alpha value is -2.38. The van der Waals surface area contributed by atoms with Crippen molar-refractivity contribution in [2.24, 2.45) is 0 Å². The van der Waals surface area contributed by atoms with Gasteiger partial charge in [-0.15, -0.1) is 0 Å². The number of fused-ring (bicyclic) bond motifs is 1. The molecule has 1 aliphatic rings. The van der Waals surface area contributed by atoms with Crippen LogP contribution in [0.1, 0.15) is 17.2 Å². The smallest absolute Gasteiger partial charge is 0.231 e. The highest BCUT2D eigenvalue weighted by Crippen LogP contribution is 2.41. The summed E-state index contributed by atoms with van der Waals surface area (Å²) in [5.74, 6) is 0.274. The molecule has 0 fully saturated rings. The fourth-order valence-electron chi connectivity index (χ4n) is 2.52. The van der Waals surface area contributed by atoms with E-state index < -0.39 is 17.7 Å². The van der Waals surface area contributed by atoms with Gasteiger partial charge in [-0.1, -0.05) is 6.07 Å². The van der Waals surface area contributed by atoms with Crippen LogP contribution in [0, 0.1) is 11.6 Å². The standard InChI is InChI=1S/C17H17F2NO4/c1-22-15-4-10(5-16-17(15)24-9-23-16)7-20-8-14(21)12-3-2-11(18)6-13(12)19/h2-6,14,20-21H,7-9H2,1H3/t14-/m1/s1. The minimum atomic E-state index is -1.08. The summed E-state index contributed by atoms with van der Waals surface area (Å²) in [5.41, 5.74) is 0.912. The number of hydrogen-bond acceptors (Lipinski definition) is 5. The molecule has 1 heterocycles. The lowest BCUT2D eigenvalue weighted by Gasteiger charge is -2.14. The molecular formula is C17H17F2NO4. The van der Waals surface area contributed by atoms with Gasteiger partial charge in [0.25, 0.3) is 0 Å². The number of aliphatic hydroxyl groups excluding tert-OH is 1. The predicted octanol–water partition coefficient (Wildman–Crippen LogP) is 2.53. The summed E-state index contributed by atoms with van der Waals surface area (Å²) in [6.07, 6.45) is -1.08. The summed E-state index contributed by atoms with van der Waals surface area (Å²) in [6, 6.07) is 6.71. The molecule has 0 unspecified atom stereocenters. The second-order valence-electron chi connectivity index (χ2n) is 5.34. The molecule has 0 amide bonds. The van der Waals surface area contributed by atoms with Crippen LogP contribution in [-0.2, 0) is 6.54 Å². The Kier molecular flexibility index (Phi) is 4.82. The molecule has 24 heavy (non-hydrogen) atoms. The van der Waals surface area contributed by atoms with Crippen LogP contribution < -0.4 is 19.5 Å². The van der Waals surface area contributed by atoms with Gasteiger partial charge in [0, 0.05) is 24.7 Å². The maximum atomic E-state index is 13.6. The van der Waals surface area contributed by atoms with Crippen molar-refractivity contribution >= 4 is 0 Å². The number of nitrogens with one attached hydrogen (secondary N) is 1. The average molecular weight is 337 g/mol. The Labute approximate surface area is 137 Å². The molecule has 0 bridgehead atoms. The zero-order chi connectivity index (χ0) is 17.1. The fraction of sp³-hybridized carbons (Fsp3) is 0.294. The van der Waals surface area contributed by atoms with E-state index in [1.807, 2.05) is 6.07 Å². The third-order valence-electron chi connectivity index (χ3n) is 3.71. The molecular weight excluding hydrogens is 320 g/mol. The third kappa shape index (κ3) is 3.42. The van der Waals surface area contributed by atoms with Crippen LogP contribution in [0.4, 0.5) is 8.78 Å². The van der Waals surface area contributed by atoms with Gasteiger partial charge in [-0.3, -0.25) is 0 Å². The summed E-state index contributed by atoms with van der Waals surface area (Å²) in [6.45, 7) is 0.664. The van der Waals surface area contributed by atoms with Crippen LogP contribution in [0.3, 0.4) is 0 Å². The molecule has 0 spiro atoms. The van der Waals surface area contributed by atoms with Gasteiger partial charge in [0.15, 0.2) is 11.5 Å². The van der Waals surface area contributed by atoms with Crippen LogP contribution in [0.15, 0.2) is 30.3 Å². The average Bonchev–Trinajstić information content (AvgIpc) is 3.02. The zero-order valence-corrected chi connectivity index (χ0v) is 13.0. The maximum absolute atomic E-state index is 13.6. The Morgan fingerprint density at radius 1 is 1.25 bits per heavy atom. The molecule has 0 radical (unpaired) electrons. The normalized spacial score (nSPS) is 13.8. The van der Waals surface area contributed by atoms with Crippen LogP contribution in [0.25, 0.3) is 0 Å². The van der Waals surface area contributed by atoms with Crippen LogP contribution in [-0.4, -0.2) is 25.6 Å². The van der Waals surface area contributed by atoms with E-state index >= 15 is 0 Å². The number of methoxy groups -OCH3 is 1. The first kappa shape index (κ1) is 16.5. The molecule has 3 rings (SSSR count). The van der Waals surface area contributed by atoms with Crippen LogP contribution >= 0.6 is 0 Å². The fourth-order valence-corrected chi connectivity index (χ4v) is 2.52. The summed E-state index contributed by atoms with van der Waals surface area (Å²) in [7, 11) is 1.54. The largest absolute Gasteiger partial charge is 0.493 e. The first-order valence-corrected chi connectivity index (χ1v) is 7.38. The van der Waals surface area contributed by atoms with E-state index in [-0.39, 0.29) is 18.9 Å². The summed E-state index contributed by atoms with van der Waals surface area (Å²) < 4.78 is 42.4. The molecule has 5 nitrogen and oxygen atoms in total. The molecule has 2 aromatic carbocycles. The van der Waals surface area contributed by atoms with Gasteiger partial charge in [0.1, 0.15) is 11.6 Å². The van der Waals surface area contributed by atoms with Gasteiger partial charge in [0.05, 0.1) is 13.2 Å². The highest BCUT2D eigenvalue weighted by atomic mass is 19.1. The molecule has 2 aromatic rings. The van der Waals surface area contributed by atoms with E-state index in [1.165, 1.54) is 13.2 Å². The topological polar surface area (TPSA) is 60.0 Å². The van der Waals surface area contributed by atoms with Crippen molar-refractivity contribution in [1.29, 1.82) is 0 Å². The summed E-state index contributed by atoms with van der Waals surface area (Å²) in [4.78, 5) is 0. The maximum Gasteiger partial charge on any atom is 0.231 e. The lowest BCUT2D eigenvalue weighted by molar-refractivity contribution is 0.169. The van der Waals surface area contributed by atoms with Gasteiger partial charge < -0.3 is 24.6 Å². The Bertz CT molecular complexity index is 739. The van der Waals surface area contributed by atoms with E-state index in [1.54, 1.807) is 6.07 Å². The number of hydrogen-bond donors (Lipinski definition) is 2. The van der Waals surface area contributed by atoms with Gasteiger partial charge >= 0.3 is 0 Å². The second-order valence-corrected chi connectivity index (χ2v) is 5.34. The van der Waals surface area contributed by atoms with Gasteiger partial charge in [-0.25, -0.2) is 8.78 Å². The van der Waals surface area contributed by atoms with Crippen LogP contribution in [0.2, 0.25) is 0 Å². The van der Waals surface area contributed by atoms with E-state index in [0.717, 1.165) is 17.7 Å². The second kappa shape index (κ2) is 7.02. The molecule has 0 saturated carbocycles. The zero-order valence-electron chi connectivity index (χ0n) is 13.0. The molecule has 1 aliphatic heterocycles. The van der Waals surface area contributed by atoms with E-state index in [2.05, 4.69) is 5.32 Å². The van der Waals surface area contributed by atoms with Crippen molar-refractivity contribution in [3.63, 3.8) is 0 Å². The van der Waals surface area contributed by atoms with Crippen molar-refractivity contribution in [1.82, 2.24) is 5.32 Å². The van der Waals surface area contributed by atoms with Crippen molar-refractivity contribution in [3.05, 3.63) is 53.1 Å². The highest BCUT2D eigenvalue weighted by Gasteiger charge is 2.20. The number of halogens is 2. The number of rotatable bonds is 6. The monoisotopic (exact) mass is 337 g/mol. The summed E-state index contributed by atoms with van der Waals surface area (Å²) in [5, 5.41) is 13.1. The predicted molar refractivity (Wildman–Crippen MR) is 82.1 cm³/mol. The van der Waals surface area contributed by atoms with Gasteiger partial charge in [-0.2, -0.15) is 0 Å². The molecule has 2 N–H and O–H groups in total. The lowest BCUT2D eigenvalue weighted by Crippen LogP contribution is -2.21. The van der Waals surface area contributed by atoms with Crippen molar-refractivity contribution in [2.45, 2.75) is 12.6 Å². The van der Waals surface area contributed by atoms with Gasteiger partial charge in [-0.05, 0) is 23.8 Å². The van der Waals surface area contributed by atoms with E-state index in [9.17, 15) is 13.9 Å². The minimum Gasteiger partial charge on any atom is -0.493 e. The Balaban J connectivity index is 1.62. The van der Waals surface area contributed by atoms with Crippen LogP contribution in [0.5, 0.6) is 17.2 Å². The van der Waals surface area contributed by atoms with Crippen molar-refractivity contribution in [2.75, 3.05) is 20.4 Å². The quantitative estimate of drug-likeness (QED) is 0.848. The molecule has 0 saturated heterocycles. The van der Waals surface area contributed by atoms with E-state index in [4.69, 9.17) is 14.2 Å². The molecule has 0 aliphatic carbocycles. The highest BCUT2D eigenvalue weighted by molar-refractivity contribution is 5.55. The van der Waals surface area contributed by atoms with Crippen molar-refractivity contribution in [3.8, 4) is 17.2 Å². The first-order valence-electron chi connectivity index (χ1n) is 7.38. The SMILES string of the molecule is COc1cc(CNC[C@@H](O)c2ccc(F)cc2F)cc2c1OCO2. The first-order chi connectivity index (χ1) is 11.6. The lowest BCUT2D eigenvalue weighted by atomic mass is 10.1. The Morgan fingerprint density at radius 3 is 2.83 bits per heavy atom. The number of benzene rings is 2. The van der Waals surface area contributed by atoms with E-state index in [0.29, 0.717) is 23.8 Å². The van der Waals surface area contributed by atoms with Crippen molar-refractivity contribution < 1.29 is 28.1 Å². The molecule has 128 valence electrons. The number of aliphatic hydroxyl groups is 1. The third-order valence-corrected chi connectivity index (χ3v) is 3.71. The minimum absolute atomic E-state index is 0.0483. The molecule has 1 atom stereocenters. The molecule has 7 heteroatoms. The Morgan fingerprint density at radius 2 is 2.08 bits per heavy atom.